The summed E-state index contributed by atoms with van der Waals surface area (Å²) in [5.41, 5.74) is 0.415. The van der Waals surface area contributed by atoms with Crippen LogP contribution in [0.25, 0.3) is 0 Å². The molecule has 2 nitrogen and oxygen atoms in total. The standard InChI is InChI=1S/C14H10BrCl2FO2/c1-20-14-9(5-7(16)6-10(14)15)13(19)8-3-2-4-11(17)12(8)18/h2-6,13,19H,1H3. The maximum atomic E-state index is 14.0. The molecule has 0 aliphatic rings. The van der Waals surface area contributed by atoms with E-state index in [9.17, 15) is 9.50 Å². The minimum absolute atomic E-state index is 0.0541. The van der Waals surface area contributed by atoms with Gasteiger partial charge in [-0.1, -0.05) is 35.3 Å². The molecule has 0 saturated heterocycles. The van der Waals surface area contributed by atoms with Gasteiger partial charge >= 0.3 is 0 Å². The largest absolute Gasteiger partial charge is 0.495 e. The second-order valence-corrected chi connectivity index (χ2v) is 5.75. The van der Waals surface area contributed by atoms with Gasteiger partial charge in [-0.2, -0.15) is 0 Å². The third kappa shape index (κ3) is 2.93. The number of aliphatic hydroxyl groups excluding tert-OH is 1. The molecule has 0 radical (unpaired) electrons. The first-order chi connectivity index (χ1) is 9.45. The quantitative estimate of drug-likeness (QED) is 0.814. The van der Waals surface area contributed by atoms with E-state index in [1.54, 1.807) is 12.1 Å². The fourth-order valence-corrected chi connectivity index (χ4v) is 3.08. The molecule has 0 aliphatic heterocycles. The molecule has 0 saturated carbocycles. The van der Waals surface area contributed by atoms with Crippen LogP contribution in [0.5, 0.6) is 5.75 Å². The first kappa shape index (κ1) is 15.6. The van der Waals surface area contributed by atoms with E-state index in [0.717, 1.165) is 0 Å². The number of halogens is 4. The molecule has 0 aliphatic carbocycles. The van der Waals surface area contributed by atoms with E-state index in [1.165, 1.54) is 25.3 Å². The second-order valence-electron chi connectivity index (χ2n) is 4.06. The normalized spacial score (nSPS) is 12.3. The summed E-state index contributed by atoms with van der Waals surface area (Å²) in [4.78, 5) is 0. The van der Waals surface area contributed by atoms with Gasteiger partial charge in [-0.05, 0) is 34.1 Å². The van der Waals surface area contributed by atoms with Crippen LogP contribution in [0.4, 0.5) is 4.39 Å². The Morgan fingerprint density at radius 3 is 2.60 bits per heavy atom. The SMILES string of the molecule is COc1c(Br)cc(Cl)cc1C(O)c1cccc(Cl)c1F. The molecular weight excluding hydrogens is 370 g/mol. The third-order valence-electron chi connectivity index (χ3n) is 2.81. The Hall–Kier alpha value is -0.810. The Morgan fingerprint density at radius 2 is 1.95 bits per heavy atom. The van der Waals surface area contributed by atoms with Crippen molar-refractivity contribution in [2.24, 2.45) is 0 Å². The van der Waals surface area contributed by atoms with Crippen molar-refractivity contribution in [2.45, 2.75) is 6.10 Å². The Bertz CT molecular complexity index is 649. The monoisotopic (exact) mass is 378 g/mol. The smallest absolute Gasteiger partial charge is 0.147 e. The van der Waals surface area contributed by atoms with E-state index in [1.807, 2.05) is 0 Å². The molecule has 0 aromatic heterocycles. The molecule has 0 heterocycles. The molecule has 2 aromatic rings. The highest BCUT2D eigenvalue weighted by atomic mass is 79.9. The van der Waals surface area contributed by atoms with Crippen LogP contribution in [-0.4, -0.2) is 12.2 Å². The minimum atomic E-state index is -1.24. The molecule has 0 spiro atoms. The summed E-state index contributed by atoms with van der Waals surface area (Å²) in [5.74, 6) is -0.277. The van der Waals surface area contributed by atoms with E-state index in [0.29, 0.717) is 20.8 Å². The highest BCUT2D eigenvalue weighted by molar-refractivity contribution is 9.10. The zero-order valence-electron chi connectivity index (χ0n) is 10.3. The van der Waals surface area contributed by atoms with Crippen LogP contribution in [-0.2, 0) is 0 Å². The maximum absolute atomic E-state index is 14.0. The summed E-state index contributed by atoms with van der Waals surface area (Å²) in [6.45, 7) is 0. The number of hydrogen-bond donors (Lipinski definition) is 1. The maximum Gasteiger partial charge on any atom is 0.147 e. The van der Waals surface area contributed by atoms with Gasteiger partial charge in [0.05, 0.1) is 16.6 Å². The number of ether oxygens (including phenoxy) is 1. The molecular formula is C14H10BrCl2FO2. The summed E-state index contributed by atoms with van der Waals surface area (Å²) in [5, 5.41) is 10.7. The Kier molecular flexibility index (Phi) is 4.91. The van der Waals surface area contributed by atoms with Gasteiger partial charge in [0.2, 0.25) is 0 Å². The van der Waals surface area contributed by atoms with Gasteiger partial charge in [-0.15, -0.1) is 0 Å². The molecule has 0 fully saturated rings. The van der Waals surface area contributed by atoms with Gasteiger partial charge in [0, 0.05) is 16.1 Å². The Morgan fingerprint density at radius 1 is 1.25 bits per heavy atom. The topological polar surface area (TPSA) is 29.5 Å². The highest BCUT2D eigenvalue weighted by Crippen LogP contribution is 2.39. The van der Waals surface area contributed by atoms with Crippen LogP contribution < -0.4 is 4.74 Å². The lowest BCUT2D eigenvalue weighted by Gasteiger charge is -2.17. The van der Waals surface area contributed by atoms with Crippen molar-refractivity contribution in [1.82, 2.24) is 0 Å². The average molecular weight is 380 g/mol. The van der Waals surface area contributed by atoms with Crippen molar-refractivity contribution in [3.63, 3.8) is 0 Å². The van der Waals surface area contributed by atoms with Crippen molar-refractivity contribution >= 4 is 39.1 Å². The zero-order valence-corrected chi connectivity index (χ0v) is 13.4. The zero-order chi connectivity index (χ0) is 14.9. The summed E-state index contributed by atoms with van der Waals surface area (Å²) >= 11 is 15.0. The van der Waals surface area contributed by atoms with Crippen molar-refractivity contribution in [2.75, 3.05) is 7.11 Å². The molecule has 1 N–H and O–H groups in total. The molecule has 0 amide bonds. The van der Waals surface area contributed by atoms with Gasteiger partial charge in [-0.25, -0.2) is 4.39 Å². The lowest BCUT2D eigenvalue weighted by Crippen LogP contribution is -2.05. The molecule has 6 heteroatoms. The minimum Gasteiger partial charge on any atom is -0.495 e. The number of methoxy groups -OCH3 is 1. The Balaban J connectivity index is 2.58. The predicted octanol–water partition coefficient (Wildman–Crippen LogP) is 4.99. The first-order valence-corrected chi connectivity index (χ1v) is 7.15. The van der Waals surface area contributed by atoms with Gasteiger partial charge < -0.3 is 9.84 Å². The van der Waals surface area contributed by atoms with Gasteiger partial charge in [0.1, 0.15) is 17.7 Å². The molecule has 2 aromatic carbocycles. The fraction of sp³-hybridized carbons (Fsp3) is 0.143. The van der Waals surface area contributed by atoms with Crippen LogP contribution in [0.3, 0.4) is 0 Å². The van der Waals surface area contributed by atoms with Crippen LogP contribution in [0.1, 0.15) is 17.2 Å². The van der Waals surface area contributed by atoms with E-state index >= 15 is 0 Å². The number of aliphatic hydroxyl groups is 1. The molecule has 20 heavy (non-hydrogen) atoms. The Labute approximate surface area is 134 Å². The van der Waals surface area contributed by atoms with Crippen LogP contribution in [0.15, 0.2) is 34.8 Å². The first-order valence-electron chi connectivity index (χ1n) is 5.60. The van der Waals surface area contributed by atoms with Crippen molar-refractivity contribution in [3.05, 3.63) is 61.8 Å². The van der Waals surface area contributed by atoms with Gasteiger partial charge in [0.15, 0.2) is 0 Å². The van der Waals surface area contributed by atoms with Gasteiger partial charge in [0.25, 0.3) is 0 Å². The van der Waals surface area contributed by atoms with Crippen LogP contribution >= 0.6 is 39.1 Å². The lowest BCUT2D eigenvalue weighted by molar-refractivity contribution is 0.209. The van der Waals surface area contributed by atoms with Crippen LogP contribution in [0, 0.1) is 5.82 Å². The number of rotatable bonds is 3. The predicted molar refractivity (Wildman–Crippen MR) is 81.2 cm³/mol. The van der Waals surface area contributed by atoms with E-state index < -0.39 is 11.9 Å². The van der Waals surface area contributed by atoms with E-state index in [-0.39, 0.29) is 10.6 Å². The van der Waals surface area contributed by atoms with Crippen molar-refractivity contribution in [1.29, 1.82) is 0 Å². The molecule has 0 bridgehead atoms. The average Bonchev–Trinajstić information content (AvgIpc) is 2.40. The summed E-state index contributed by atoms with van der Waals surface area (Å²) < 4.78 is 19.8. The van der Waals surface area contributed by atoms with Gasteiger partial charge in [-0.3, -0.25) is 0 Å². The fourth-order valence-electron chi connectivity index (χ4n) is 1.90. The van der Waals surface area contributed by atoms with E-state index in [4.69, 9.17) is 27.9 Å². The number of hydrogen-bond acceptors (Lipinski definition) is 2. The molecule has 1 atom stereocenters. The summed E-state index contributed by atoms with van der Waals surface area (Å²) in [6, 6.07) is 7.59. The highest BCUT2D eigenvalue weighted by Gasteiger charge is 2.22. The van der Waals surface area contributed by atoms with Crippen molar-refractivity contribution in [3.8, 4) is 5.75 Å². The molecule has 106 valence electrons. The molecule has 1 unspecified atom stereocenters. The number of benzene rings is 2. The second kappa shape index (κ2) is 6.31. The summed E-state index contributed by atoms with van der Waals surface area (Å²) in [6.07, 6.45) is -1.24. The van der Waals surface area contributed by atoms with Crippen LogP contribution in [0.2, 0.25) is 10.0 Å². The van der Waals surface area contributed by atoms with E-state index in [2.05, 4.69) is 15.9 Å². The third-order valence-corrected chi connectivity index (χ3v) is 3.91. The molecule has 2 rings (SSSR count). The summed E-state index contributed by atoms with van der Waals surface area (Å²) in [7, 11) is 1.46. The van der Waals surface area contributed by atoms with Crippen molar-refractivity contribution < 1.29 is 14.2 Å². The lowest BCUT2D eigenvalue weighted by atomic mass is 10.00.